The molecule has 1 aromatic rings. The topological polar surface area (TPSA) is 57.5 Å². The van der Waals surface area contributed by atoms with Gasteiger partial charge in [-0.3, -0.25) is 4.79 Å². The Morgan fingerprint density at radius 2 is 1.76 bits per heavy atom. The molecular weight excluding hydrogens is 237 g/mol. The van der Waals surface area contributed by atoms with Gasteiger partial charge < -0.3 is 10.2 Å². The van der Waals surface area contributed by atoms with E-state index in [0.717, 1.165) is 0 Å². The Morgan fingerprint density at radius 1 is 1.29 bits per heavy atom. The van der Waals surface area contributed by atoms with Crippen molar-refractivity contribution in [2.45, 2.75) is 19.4 Å². The maximum absolute atomic E-state index is 12.9. The Morgan fingerprint density at radius 3 is 2.18 bits per heavy atom. The quantitative estimate of drug-likeness (QED) is 0.803. The van der Waals surface area contributed by atoms with Gasteiger partial charge in [0.25, 0.3) is 0 Å². The standard InChI is InChI=1S/C11H11F3O3/c1-5(11(16)17)2-9(15)6-3-7(12)10(14)8(13)4-6/h3-5,9,15H,2H2,1H3,(H,16,17). The van der Waals surface area contributed by atoms with Gasteiger partial charge in [-0.05, 0) is 24.1 Å². The molecule has 0 saturated heterocycles. The molecule has 6 heteroatoms. The van der Waals surface area contributed by atoms with E-state index in [4.69, 9.17) is 5.11 Å². The average Bonchev–Trinajstić information content (AvgIpc) is 2.24. The van der Waals surface area contributed by atoms with E-state index in [0.29, 0.717) is 12.1 Å². The zero-order chi connectivity index (χ0) is 13.2. The van der Waals surface area contributed by atoms with Gasteiger partial charge in [-0.15, -0.1) is 0 Å². The normalized spacial score (nSPS) is 14.4. The van der Waals surface area contributed by atoms with E-state index in [-0.39, 0.29) is 12.0 Å². The molecule has 3 nitrogen and oxygen atoms in total. The first-order chi connectivity index (χ1) is 7.82. The molecule has 0 aliphatic rings. The maximum Gasteiger partial charge on any atom is 0.306 e. The molecule has 0 aliphatic heterocycles. The lowest BCUT2D eigenvalue weighted by molar-refractivity contribution is -0.142. The summed E-state index contributed by atoms with van der Waals surface area (Å²) < 4.78 is 38.3. The first-order valence-corrected chi connectivity index (χ1v) is 4.88. The number of hydrogen-bond donors (Lipinski definition) is 2. The third-order valence-electron chi connectivity index (χ3n) is 2.39. The van der Waals surface area contributed by atoms with Crippen LogP contribution in [0.25, 0.3) is 0 Å². The highest BCUT2D eigenvalue weighted by molar-refractivity contribution is 5.69. The molecule has 0 saturated carbocycles. The van der Waals surface area contributed by atoms with Gasteiger partial charge in [0.2, 0.25) is 0 Å². The molecule has 0 bridgehead atoms. The lowest BCUT2D eigenvalue weighted by Gasteiger charge is -2.14. The van der Waals surface area contributed by atoms with Crippen LogP contribution in [0.2, 0.25) is 0 Å². The van der Waals surface area contributed by atoms with Crippen molar-refractivity contribution < 1.29 is 28.2 Å². The molecule has 0 radical (unpaired) electrons. The minimum absolute atomic E-state index is 0.186. The van der Waals surface area contributed by atoms with Gasteiger partial charge >= 0.3 is 5.97 Å². The molecular formula is C11H11F3O3. The zero-order valence-electron chi connectivity index (χ0n) is 8.95. The molecule has 0 aliphatic carbocycles. The number of carboxylic acid groups (broad SMARTS) is 1. The number of rotatable bonds is 4. The number of hydrogen-bond acceptors (Lipinski definition) is 2. The fourth-order valence-corrected chi connectivity index (χ4v) is 1.34. The number of carbonyl (C=O) groups is 1. The summed E-state index contributed by atoms with van der Waals surface area (Å²) in [5, 5.41) is 18.2. The van der Waals surface area contributed by atoms with Crippen LogP contribution in [0.15, 0.2) is 12.1 Å². The van der Waals surface area contributed by atoms with Crippen molar-refractivity contribution in [3.05, 3.63) is 35.1 Å². The number of aliphatic carboxylic acids is 1. The molecule has 1 rings (SSSR count). The highest BCUT2D eigenvalue weighted by Crippen LogP contribution is 2.24. The van der Waals surface area contributed by atoms with E-state index in [9.17, 15) is 23.1 Å². The third kappa shape index (κ3) is 3.20. The summed E-state index contributed by atoms with van der Waals surface area (Å²) in [6.07, 6.45) is -1.56. The predicted molar refractivity (Wildman–Crippen MR) is 52.7 cm³/mol. The van der Waals surface area contributed by atoms with E-state index in [1.54, 1.807) is 0 Å². The van der Waals surface area contributed by atoms with Crippen molar-refractivity contribution in [1.82, 2.24) is 0 Å². The highest BCUT2D eigenvalue weighted by Gasteiger charge is 2.20. The van der Waals surface area contributed by atoms with Crippen molar-refractivity contribution in [1.29, 1.82) is 0 Å². The zero-order valence-corrected chi connectivity index (χ0v) is 8.95. The number of carboxylic acids is 1. The largest absolute Gasteiger partial charge is 0.481 e. The summed E-state index contributed by atoms with van der Waals surface area (Å²) in [6, 6.07) is 1.30. The van der Waals surface area contributed by atoms with Crippen LogP contribution in [0.3, 0.4) is 0 Å². The van der Waals surface area contributed by atoms with Gasteiger partial charge in [0.1, 0.15) is 0 Å². The number of aliphatic hydroxyl groups is 1. The van der Waals surface area contributed by atoms with Crippen LogP contribution < -0.4 is 0 Å². The maximum atomic E-state index is 12.9. The Hall–Kier alpha value is -1.56. The molecule has 17 heavy (non-hydrogen) atoms. The molecule has 0 amide bonds. The van der Waals surface area contributed by atoms with Crippen molar-refractivity contribution in [3.8, 4) is 0 Å². The summed E-state index contributed by atoms with van der Waals surface area (Å²) in [5.41, 5.74) is -0.186. The van der Waals surface area contributed by atoms with Gasteiger partial charge in [-0.2, -0.15) is 0 Å². The van der Waals surface area contributed by atoms with Crippen molar-refractivity contribution in [3.63, 3.8) is 0 Å². The highest BCUT2D eigenvalue weighted by atomic mass is 19.2. The number of halogens is 3. The fraction of sp³-hybridized carbons (Fsp3) is 0.364. The minimum atomic E-state index is -1.62. The summed E-state index contributed by atoms with van der Waals surface area (Å²) in [6.45, 7) is 1.35. The Kier molecular flexibility index (Phi) is 4.11. The van der Waals surface area contributed by atoms with Crippen molar-refractivity contribution in [2.75, 3.05) is 0 Å². The first-order valence-electron chi connectivity index (χ1n) is 4.88. The van der Waals surface area contributed by atoms with E-state index < -0.39 is 35.4 Å². The second-order valence-electron chi connectivity index (χ2n) is 3.79. The second-order valence-corrected chi connectivity index (χ2v) is 3.79. The molecule has 0 aromatic heterocycles. The van der Waals surface area contributed by atoms with Gasteiger partial charge in [-0.1, -0.05) is 6.92 Å². The lowest BCUT2D eigenvalue weighted by Crippen LogP contribution is -2.14. The van der Waals surface area contributed by atoms with E-state index in [1.165, 1.54) is 6.92 Å². The number of aliphatic hydroxyl groups excluding tert-OH is 1. The molecule has 94 valence electrons. The van der Waals surface area contributed by atoms with Crippen LogP contribution in [0.4, 0.5) is 13.2 Å². The molecule has 0 heterocycles. The first kappa shape index (κ1) is 13.5. The smallest absolute Gasteiger partial charge is 0.306 e. The molecule has 2 atom stereocenters. The van der Waals surface area contributed by atoms with Crippen LogP contribution in [0, 0.1) is 23.4 Å². The Labute approximate surface area is 95.5 Å². The fourth-order valence-electron chi connectivity index (χ4n) is 1.34. The monoisotopic (exact) mass is 248 g/mol. The Bertz CT molecular complexity index is 411. The molecule has 2 N–H and O–H groups in total. The second kappa shape index (κ2) is 5.18. The van der Waals surface area contributed by atoms with Crippen molar-refractivity contribution >= 4 is 5.97 Å². The van der Waals surface area contributed by atoms with E-state index in [1.807, 2.05) is 0 Å². The van der Waals surface area contributed by atoms with Crippen molar-refractivity contribution in [2.24, 2.45) is 5.92 Å². The number of benzene rings is 1. The summed E-state index contributed by atoms with van der Waals surface area (Å²) in [5.74, 6) is -6.45. The van der Waals surface area contributed by atoms with Crippen LogP contribution in [-0.4, -0.2) is 16.2 Å². The van der Waals surface area contributed by atoms with Crippen LogP contribution >= 0.6 is 0 Å². The summed E-state index contributed by atoms with van der Waals surface area (Å²) in [4.78, 5) is 10.5. The third-order valence-corrected chi connectivity index (χ3v) is 2.39. The Balaban J connectivity index is 2.90. The lowest BCUT2D eigenvalue weighted by atomic mass is 9.98. The average molecular weight is 248 g/mol. The van der Waals surface area contributed by atoms with Gasteiger partial charge in [0, 0.05) is 0 Å². The molecule has 1 aromatic carbocycles. The summed E-state index contributed by atoms with van der Waals surface area (Å²) in [7, 11) is 0. The molecule has 2 unspecified atom stereocenters. The van der Waals surface area contributed by atoms with Gasteiger partial charge in [0.15, 0.2) is 17.5 Å². The van der Waals surface area contributed by atoms with Crippen LogP contribution in [0.1, 0.15) is 25.0 Å². The minimum Gasteiger partial charge on any atom is -0.481 e. The van der Waals surface area contributed by atoms with Crippen LogP contribution in [-0.2, 0) is 4.79 Å². The van der Waals surface area contributed by atoms with Crippen LogP contribution in [0.5, 0.6) is 0 Å². The van der Waals surface area contributed by atoms with E-state index in [2.05, 4.69) is 0 Å². The van der Waals surface area contributed by atoms with E-state index >= 15 is 0 Å². The molecule has 0 fully saturated rings. The predicted octanol–water partition coefficient (Wildman–Crippen LogP) is 2.25. The van der Waals surface area contributed by atoms with Gasteiger partial charge in [0.05, 0.1) is 12.0 Å². The molecule has 0 spiro atoms. The van der Waals surface area contributed by atoms with Gasteiger partial charge in [-0.25, -0.2) is 13.2 Å². The summed E-state index contributed by atoms with van der Waals surface area (Å²) >= 11 is 0. The SMILES string of the molecule is CC(CC(O)c1cc(F)c(F)c(F)c1)C(=O)O.